The molecule has 39 heavy (non-hydrogen) atoms. The number of carbonyl (C=O) groups excluding carboxylic acids is 3. The summed E-state index contributed by atoms with van der Waals surface area (Å²) < 4.78 is 47.4. The van der Waals surface area contributed by atoms with Crippen LogP contribution in [-0.2, 0) is 14.3 Å². The van der Waals surface area contributed by atoms with Gasteiger partial charge in [0.05, 0.1) is 13.2 Å². The number of morpholine rings is 1. The molecule has 2 aromatic carbocycles. The molecule has 0 saturated carbocycles. The summed E-state index contributed by atoms with van der Waals surface area (Å²) in [4.78, 5) is 41.6. The molecule has 0 radical (unpaired) electrons. The van der Waals surface area contributed by atoms with Gasteiger partial charge in [-0.15, -0.1) is 0 Å². The third-order valence-corrected chi connectivity index (χ3v) is 6.87. The first kappa shape index (κ1) is 28.7. The number of esters is 1. The van der Waals surface area contributed by atoms with Crippen LogP contribution in [0, 0.1) is 0 Å². The lowest BCUT2D eigenvalue weighted by Crippen LogP contribution is -2.52. The number of hydrogen-bond donors (Lipinski definition) is 2. The van der Waals surface area contributed by atoms with E-state index in [0.717, 1.165) is 38.1 Å². The van der Waals surface area contributed by atoms with Gasteiger partial charge >= 0.3 is 18.2 Å². The third-order valence-electron chi connectivity index (χ3n) is 6.62. The molecule has 13 heteroatoms. The van der Waals surface area contributed by atoms with Crippen LogP contribution in [0.1, 0.15) is 24.4 Å². The molecule has 2 N–H and O–H groups in total. The van der Waals surface area contributed by atoms with E-state index in [1.54, 1.807) is 29.2 Å². The highest BCUT2D eigenvalue weighted by molar-refractivity contribution is 6.30. The first-order chi connectivity index (χ1) is 18.6. The van der Waals surface area contributed by atoms with Crippen molar-refractivity contribution in [3.8, 4) is 5.75 Å². The summed E-state index contributed by atoms with van der Waals surface area (Å²) >= 11 is 5.89. The zero-order valence-electron chi connectivity index (χ0n) is 20.9. The summed E-state index contributed by atoms with van der Waals surface area (Å²) in [5, 5.41) is 5.79. The Bertz CT molecular complexity index is 1150. The molecule has 2 heterocycles. The lowest BCUT2D eigenvalue weighted by Gasteiger charge is -2.40. The molecule has 210 valence electrons. The van der Waals surface area contributed by atoms with Crippen LogP contribution in [-0.4, -0.2) is 79.3 Å². The maximum absolute atomic E-state index is 13.6. The van der Waals surface area contributed by atoms with E-state index < -0.39 is 24.2 Å². The lowest BCUT2D eigenvalue weighted by molar-refractivity contribution is -0.189. The van der Waals surface area contributed by atoms with Crippen molar-refractivity contribution < 1.29 is 37.0 Å². The molecule has 1 unspecified atom stereocenters. The number of anilines is 1. The van der Waals surface area contributed by atoms with Gasteiger partial charge in [0.25, 0.3) is 0 Å². The number of hydrogen-bond acceptors (Lipinski definition) is 6. The molecule has 0 spiro atoms. The van der Waals surface area contributed by atoms with Gasteiger partial charge in [0.1, 0.15) is 11.8 Å². The van der Waals surface area contributed by atoms with Gasteiger partial charge in [-0.1, -0.05) is 23.7 Å². The van der Waals surface area contributed by atoms with Crippen LogP contribution >= 0.6 is 11.6 Å². The molecule has 2 saturated heterocycles. The summed E-state index contributed by atoms with van der Waals surface area (Å²) in [5.74, 6) is -3.06. The number of piperidine rings is 1. The van der Waals surface area contributed by atoms with Crippen LogP contribution in [0.3, 0.4) is 0 Å². The summed E-state index contributed by atoms with van der Waals surface area (Å²) in [6, 6.07) is 9.88. The minimum Gasteiger partial charge on any atom is -0.420 e. The van der Waals surface area contributed by atoms with Crippen molar-refractivity contribution in [2.75, 3.05) is 44.7 Å². The third kappa shape index (κ3) is 7.84. The predicted octanol–water partition coefficient (Wildman–Crippen LogP) is 3.99. The fourth-order valence-electron chi connectivity index (χ4n) is 4.59. The van der Waals surface area contributed by atoms with E-state index >= 15 is 0 Å². The second kappa shape index (κ2) is 12.7. The molecule has 9 nitrogen and oxygen atoms in total. The SMILES string of the molecule is O=C(Nc1ccc(Cl)cc1)NC(C(=O)N1CCC(N2CCOCC2)CC1)c1ccc(OC(=O)C(F)(F)F)cc1. The van der Waals surface area contributed by atoms with Crippen LogP contribution in [0.5, 0.6) is 5.75 Å². The van der Waals surface area contributed by atoms with E-state index in [4.69, 9.17) is 16.3 Å². The Morgan fingerprint density at radius 2 is 1.56 bits per heavy atom. The van der Waals surface area contributed by atoms with E-state index in [1.807, 2.05) is 0 Å². The van der Waals surface area contributed by atoms with E-state index in [2.05, 4.69) is 20.3 Å². The average Bonchev–Trinajstić information content (AvgIpc) is 2.93. The van der Waals surface area contributed by atoms with Crippen molar-refractivity contribution in [2.45, 2.75) is 31.1 Å². The monoisotopic (exact) mass is 568 g/mol. The normalized spacial score (nSPS) is 17.8. The van der Waals surface area contributed by atoms with Gasteiger partial charge in [-0.05, 0) is 54.8 Å². The van der Waals surface area contributed by atoms with Crippen LogP contribution in [0.4, 0.5) is 23.7 Å². The van der Waals surface area contributed by atoms with Gasteiger partial charge in [-0.2, -0.15) is 13.2 Å². The Labute approximate surface area is 228 Å². The van der Waals surface area contributed by atoms with Crippen molar-refractivity contribution in [2.24, 2.45) is 0 Å². The summed E-state index contributed by atoms with van der Waals surface area (Å²) in [6.07, 6.45) is -3.62. The fraction of sp³-hybridized carbons (Fsp3) is 0.423. The standard InChI is InChI=1S/C26H28ClF3N4O5/c27-18-3-5-19(6-4-18)31-25(37)32-22(17-1-7-21(8-2-17)39-24(36)26(28,29)30)23(35)34-11-9-20(10-12-34)33-13-15-38-16-14-33/h1-8,20,22H,9-16H2,(H2,31,32,37). The molecule has 2 aromatic rings. The minimum atomic E-state index is -5.15. The van der Waals surface area contributed by atoms with Gasteiger partial charge in [0, 0.05) is 42.9 Å². The number of rotatable bonds is 6. The Kier molecular flexibility index (Phi) is 9.31. The number of amides is 3. The second-order valence-corrected chi connectivity index (χ2v) is 9.64. The van der Waals surface area contributed by atoms with Gasteiger partial charge < -0.3 is 25.0 Å². The highest BCUT2D eigenvalue weighted by Crippen LogP contribution is 2.26. The molecule has 2 aliphatic heterocycles. The molecular weight excluding hydrogens is 541 g/mol. The number of nitrogens with one attached hydrogen (secondary N) is 2. The van der Waals surface area contributed by atoms with E-state index in [-0.39, 0.29) is 11.7 Å². The van der Waals surface area contributed by atoms with Crippen molar-refractivity contribution in [1.82, 2.24) is 15.1 Å². The number of halogens is 4. The maximum atomic E-state index is 13.6. The predicted molar refractivity (Wildman–Crippen MR) is 136 cm³/mol. The largest absolute Gasteiger partial charge is 0.491 e. The first-order valence-electron chi connectivity index (χ1n) is 12.4. The summed E-state index contributed by atoms with van der Waals surface area (Å²) in [5.41, 5.74) is 0.761. The smallest absolute Gasteiger partial charge is 0.420 e. The Hall–Kier alpha value is -3.35. The minimum absolute atomic E-state index is 0.313. The fourth-order valence-corrected chi connectivity index (χ4v) is 4.71. The molecule has 0 bridgehead atoms. The highest BCUT2D eigenvalue weighted by Gasteiger charge is 2.41. The van der Waals surface area contributed by atoms with E-state index in [0.29, 0.717) is 48.6 Å². The molecule has 2 fully saturated rings. The zero-order chi connectivity index (χ0) is 28.0. The van der Waals surface area contributed by atoms with Crippen LogP contribution in [0.2, 0.25) is 5.02 Å². The molecule has 4 rings (SSSR count). The number of ether oxygens (including phenoxy) is 2. The van der Waals surface area contributed by atoms with Crippen LogP contribution in [0.25, 0.3) is 0 Å². The number of alkyl halides is 3. The molecule has 3 amide bonds. The Morgan fingerprint density at radius 3 is 2.15 bits per heavy atom. The Morgan fingerprint density at radius 1 is 0.949 bits per heavy atom. The van der Waals surface area contributed by atoms with Gasteiger partial charge in [0.2, 0.25) is 5.91 Å². The van der Waals surface area contributed by atoms with Crippen molar-refractivity contribution in [3.63, 3.8) is 0 Å². The Balaban J connectivity index is 1.47. The topological polar surface area (TPSA) is 100 Å². The van der Waals surface area contributed by atoms with Crippen LogP contribution in [0.15, 0.2) is 48.5 Å². The molecule has 0 aliphatic carbocycles. The molecular formula is C26H28ClF3N4O5. The molecule has 0 aromatic heterocycles. The number of likely N-dealkylation sites (tertiary alicyclic amines) is 1. The van der Waals surface area contributed by atoms with Gasteiger partial charge in [-0.25, -0.2) is 9.59 Å². The van der Waals surface area contributed by atoms with Gasteiger partial charge in [0.15, 0.2) is 0 Å². The second-order valence-electron chi connectivity index (χ2n) is 9.20. The van der Waals surface area contributed by atoms with Gasteiger partial charge in [-0.3, -0.25) is 9.69 Å². The van der Waals surface area contributed by atoms with E-state index in [9.17, 15) is 27.6 Å². The lowest BCUT2D eigenvalue weighted by atomic mass is 10.00. The quantitative estimate of drug-likeness (QED) is 0.404. The molecule has 2 aliphatic rings. The number of benzene rings is 2. The van der Waals surface area contributed by atoms with Crippen molar-refractivity contribution >= 4 is 35.2 Å². The summed E-state index contributed by atoms with van der Waals surface area (Å²) in [7, 11) is 0. The summed E-state index contributed by atoms with van der Waals surface area (Å²) in [6.45, 7) is 4.03. The van der Waals surface area contributed by atoms with Crippen molar-refractivity contribution in [1.29, 1.82) is 0 Å². The highest BCUT2D eigenvalue weighted by atomic mass is 35.5. The van der Waals surface area contributed by atoms with Crippen molar-refractivity contribution in [3.05, 3.63) is 59.1 Å². The maximum Gasteiger partial charge on any atom is 0.491 e. The number of urea groups is 1. The molecule has 1 atom stereocenters. The van der Waals surface area contributed by atoms with Crippen LogP contribution < -0.4 is 15.4 Å². The first-order valence-corrected chi connectivity index (χ1v) is 12.8. The number of carbonyl (C=O) groups is 3. The zero-order valence-corrected chi connectivity index (χ0v) is 21.6. The average molecular weight is 569 g/mol. The van der Waals surface area contributed by atoms with E-state index in [1.165, 1.54) is 12.1 Å². The number of nitrogens with zero attached hydrogens (tertiary/aromatic N) is 2.